The summed E-state index contributed by atoms with van der Waals surface area (Å²) in [4.78, 5) is 13.0. The summed E-state index contributed by atoms with van der Waals surface area (Å²) in [5.74, 6) is 0.853. The lowest BCUT2D eigenvalue weighted by molar-refractivity contribution is 0.580. The number of rotatable bonds is 3. The predicted octanol–water partition coefficient (Wildman–Crippen LogP) is 4.05. The van der Waals surface area contributed by atoms with Crippen molar-refractivity contribution in [2.24, 2.45) is 0 Å². The topological polar surface area (TPSA) is 77.8 Å². The summed E-state index contributed by atoms with van der Waals surface area (Å²) in [5, 5.41) is 0. The van der Waals surface area contributed by atoms with Crippen LogP contribution in [0.25, 0.3) is 33.8 Å². The van der Waals surface area contributed by atoms with Crippen LogP contribution in [-0.2, 0) is 0 Å². The fraction of sp³-hybridized carbons (Fsp3) is 0. The predicted molar refractivity (Wildman–Crippen MR) is 92.8 cm³/mol. The number of hydrogen-bond acceptors (Lipinski definition) is 5. The monoisotopic (exact) mass is 314 g/mol. The van der Waals surface area contributed by atoms with Gasteiger partial charge in [-0.2, -0.15) is 0 Å². The van der Waals surface area contributed by atoms with Crippen molar-refractivity contribution >= 4 is 5.95 Å². The smallest absolute Gasteiger partial charge is 0.221 e. The van der Waals surface area contributed by atoms with Crippen LogP contribution in [-0.4, -0.2) is 15.0 Å². The third-order valence-electron chi connectivity index (χ3n) is 3.70. The summed E-state index contributed by atoms with van der Waals surface area (Å²) in [6.07, 6.45) is 5.10. The highest BCUT2D eigenvalue weighted by molar-refractivity contribution is 5.90. The SMILES string of the molecule is Nc1nc(-c2ccccc2)c(-c2ccncc2)c(-c2ccco2)n1. The Labute approximate surface area is 138 Å². The Morgan fingerprint density at radius 2 is 1.50 bits per heavy atom. The molecule has 0 saturated carbocycles. The number of nitrogens with two attached hydrogens (primary N) is 1. The van der Waals surface area contributed by atoms with Gasteiger partial charge in [-0.15, -0.1) is 0 Å². The molecule has 0 fully saturated rings. The van der Waals surface area contributed by atoms with Crippen molar-refractivity contribution in [3.63, 3.8) is 0 Å². The molecule has 4 rings (SSSR count). The minimum absolute atomic E-state index is 0.207. The van der Waals surface area contributed by atoms with E-state index in [1.807, 2.05) is 54.6 Å². The van der Waals surface area contributed by atoms with E-state index in [0.29, 0.717) is 11.5 Å². The Morgan fingerprint density at radius 3 is 2.21 bits per heavy atom. The van der Waals surface area contributed by atoms with Crippen LogP contribution in [0.3, 0.4) is 0 Å². The molecule has 0 aliphatic carbocycles. The van der Waals surface area contributed by atoms with Gasteiger partial charge < -0.3 is 10.2 Å². The lowest BCUT2D eigenvalue weighted by Crippen LogP contribution is -2.02. The summed E-state index contributed by atoms with van der Waals surface area (Å²) in [6, 6.07) is 17.4. The van der Waals surface area contributed by atoms with Gasteiger partial charge in [0.15, 0.2) is 5.76 Å². The number of benzene rings is 1. The Hall–Kier alpha value is -3.47. The summed E-state index contributed by atoms with van der Waals surface area (Å²) < 4.78 is 5.57. The Balaban J connectivity index is 2.07. The zero-order valence-corrected chi connectivity index (χ0v) is 12.8. The number of furan rings is 1. The highest BCUT2D eigenvalue weighted by Gasteiger charge is 2.19. The van der Waals surface area contributed by atoms with E-state index in [1.165, 1.54) is 0 Å². The first-order chi connectivity index (χ1) is 11.8. The molecule has 0 amide bonds. The molecule has 4 aromatic rings. The van der Waals surface area contributed by atoms with Crippen molar-refractivity contribution in [1.29, 1.82) is 0 Å². The van der Waals surface area contributed by atoms with E-state index in [4.69, 9.17) is 10.2 Å². The van der Waals surface area contributed by atoms with Crippen molar-refractivity contribution in [3.05, 3.63) is 73.3 Å². The van der Waals surface area contributed by atoms with Crippen LogP contribution in [0.1, 0.15) is 0 Å². The van der Waals surface area contributed by atoms with Crippen LogP contribution in [0.4, 0.5) is 5.95 Å². The van der Waals surface area contributed by atoms with Crippen LogP contribution in [0.5, 0.6) is 0 Å². The standard InChI is InChI=1S/C19H14N4O/c20-19-22-17(14-5-2-1-3-6-14)16(13-8-10-21-11-9-13)18(23-19)15-7-4-12-24-15/h1-12H,(H2,20,22,23). The molecule has 0 saturated heterocycles. The minimum Gasteiger partial charge on any atom is -0.463 e. The minimum atomic E-state index is 0.207. The van der Waals surface area contributed by atoms with Gasteiger partial charge in [-0.25, -0.2) is 9.97 Å². The van der Waals surface area contributed by atoms with Crippen molar-refractivity contribution in [2.75, 3.05) is 5.73 Å². The van der Waals surface area contributed by atoms with Gasteiger partial charge in [0, 0.05) is 23.5 Å². The van der Waals surface area contributed by atoms with Crippen molar-refractivity contribution in [3.8, 4) is 33.8 Å². The summed E-state index contributed by atoms with van der Waals surface area (Å²) >= 11 is 0. The van der Waals surface area contributed by atoms with Gasteiger partial charge in [0.25, 0.3) is 0 Å². The zero-order chi connectivity index (χ0) is 16.4. The molecule has 3 aromatic heterocycles. The first-order valence-electron chi connectivity index (χ1n) is 7.50. The molecule has 3 heterocycles. The Morgan fingerprint density at radius 1 is 0.750 bits per heavy atom. The molecule has 5 nitrogen and oxygen atoms in total. The quantitative estimate of drug-likeness (QED) is 0.617. The second-order valence-corrected chi connectivity index (χ2v) is 5.23. The number of aromatic nitrogens is 3. The molecule has 0 bridgehead atoms. The highest BCUT2D eigenvalue weighted by Crippen LogP contribution is 2.38. The molecule has 2 N–H and O–H groups in total. The normalized spacial score (nSPS) is 10.7. The fourth-order valence-electron chi connectivity index (χ4n) is 2.67. The average molecular weight is 314 g/mol. The third kappa shape index (κ3) is 2.52. The molecule has 24 heavy (non-hydrogen) atoms. The Kier molecular flexibility index (Phi) is 3.51. The van der Waals surface area contributed by atoms with E-state index in [9.17, 15) is 0 Å². The number of pyridine rings is 1. The Bertz CT molecular complexity index is 952. The molecule has 0 radical (unpaired) electrons. The number of nitrogens with zero attached hydrogens (tertiary/aromatic N) is 3. The van der Waals surface area contributed by atoms with Gasteiger partial charge in [0.2, 0.25) is 5.95 Å². The van der Waals surface area contributed by atoms with E-state index in [0.717, 1.165) is 22.4 Å². The first kappa shape index (κ1) is 14.1. The lowest BCUT2D eigenvalue weighted by atomic mass is 9.97. The molecule has 0 atom stereocenters. The van der Waals surface area contributed by atoms with Gasteiger partial charge in [0.05, 0.1) is 12.0 Å². The highest BCUT2D eigenvalue weighted by atomic mass is 16.3. The first-order valence-corrected chi connectivity index (χ1v) is 7.50. The van der Waals surface area contributed by atoms with Crippen molar-refractivity contribution in [1.82, 2.24) is 15.0 Å². The van der Waals surface area contributed by atoms with Crippen LogP contribution in [0, 0.1) is 0 Å². The second kappa shape index (κ2) is 5.96. The molecule has 0 aliphatic rings. The number of anilines is 1. The second-order valence-electron chi connectivity index (χ2n) is 5.23. The third-order valence-corrected chi connectivity index (χ3v) is 3.70. The van der Waals surface area contributed by atoms with Crippen LogP contribution in [0.2, 0.25) is 0 Å². The molecular formula is C19H14N4O. The van der Waals surface area contributed by atoms with E-state index in [-0.39, 0.29) is 5.95 Å². The van der Waals surface area contributed by atoms with E-state index in [1.54, 1.807) is 18.7 Å². The summed E-state index contributed by atoms with van der Waals surface area (Å²) in [7, 11) is 0. The van der Waals surface area contributed by atoms with Gasteiger partial charge in [0.1, 0.15) is 5.69 Å². The summed E-state index contributed by atoms with van der Waals surface area (Å²) in [6.45, 7) is 0. The van der Waals surface area contributed by atoms with Crippen LogP contribution >= 0.6 is 0 Å². The summed E-state index contributed by atoms with van der Waals surface area (Å²) in [5.41, 5.74) is 10.2. The average Bonchev–Trinajstić information content (AvgIpc) is 3.17. The molecular weight excluding hydrogens is 300 g/mol. The molecule has 0 unspecified atom stereocenters. The molecule has 0 spiro atoms. The van der Waals surface area contributed by atoms with Gasteiger partial charge in [-0.1, -0.05) is 30.3 Å². The fourth-order valence-corrected chi connectivity index (χ4v) is 2.67. The van der Waals surface area contributed by atoms with Crippen LogP contribution in [0.15, 0.2) is 77.7 Å². The molecule has 116 valence electrons. The van der Waals surface area contributed by atoms with Gasteiger partial charge in [-0.3, -0.25) is 4.98 Å². The van der Waals surface area contributed by atoms with E-state index in [2.05, 4.69) is 15.0 Å². The molecule has 1 aromatic carbocycles. The van der Waals surface area contributed by atoms with Crippen molar-refractivity contribution in [2.45, 2.75) is 0 Å². The van der Waals surface area contributed by atoms with Crippen molar-refractivity contribution < 1.29 is 4.42 Å². The number of nitrogen functional groups attached to an aromatic ring is 1. The lowest BCUT2D eigenvalue weighted by Gasteiger charge is -2.13. The zero-order valence-electron chi connectivity index (χ0n) is 12.8. The largest absolute Gasteiger partial charge is 0.463 e. The molecule has 0 aliphatic heterocycles. The maximum absolute atomic E-state index is 5.97. The number of hydrogen-bond donors (Lipinski definition) is 1. The van der Waals surface area contributed by atoms with E-state index < -0.39 is 0 Å². The van der Waals surface area contributed by atoms with Crippen LogP contribution < -0.4 is 5.73 Å². The van der Waals surface area contributed by atoms with Gasteiger partial charge >= 0.3 is 0 Å². The van der Waals surface area contributed by atoms with Gasteiger partial charge in [-0.05, 0) is 29.8 Å². The maximum Gasteiger partial charge on any atom is 0.221 e. The molecule has 5 heteroatoms. The maximum atomic E-state index is 5.97. The van der Waals surface area contributed by atoms with E-state index >= 15 is 0 Å².